The lowest BCUT2D eigenvalue weighted by Crippen LogP contribution is -2.12. The summed E-state index contributed by atoms with van der Waals surface area (Å²) in [5.74, 6) is -0.398. The Labute approximate surface area is 214 Å². The van der Waals surface area contributed by atoms with E-state index in [-0.39, 0.29) is 35.2 Å². The fourth-order valence-corrected chi connectivity index (χ4v) is 5.17. The molecule has 0 amide bonds. The number of alkyl halides is 1. The molecule has 1 atom stereocenters. The van der Waals surface area contributed by atoms with Crippen LogP contribution in [0.25, 0.3) is 10.8 Å². The van der Waals surface area contributed by atoms with Crippen molar-refractivity contribution in [3.05, 3.63) is 54.1 Å². The summed E-state index contributed by atoms with van der Waals surface area (Å²) in [6.45, 7) is 1.27. The molecule has 3 rings (SSSR count). The Kier molecular flexibility index (Phi) is 9.28. The van der Waals surface area contributed by atoms with Crippen LogP contribution >= 0.6 is 22.6 Å². The van der Waals surface area contributed by atoms with Gasteiger partial charge in [-0.15, -0.1) is 0 Å². The Morgan fingerprint density at radius 1 is 0.882 bits per heavy atom. The largest absolute Gasteiger partial charge is 0.490 e. The molecule has 180 valence electrons. The monoisotopic (exact) mass is 596 g/mol. The van der Waals surface area contributed by atoms with Gasteiger partial charge in [-0.2, -0.15) is 0 Å². The van der Waals surface area contributed by atoms with Crippen molar-refractivity contribution in [2.24, 2.45) is 0 Å². The van der Waals surface area contributed by atoms with Crippen LogP contribution in [0.5, 0.6) is 23.0 Å². The van der Waals surface area contributed by atoms with Crippen LogP contribution in [0.15, 0.2) is 53.4 Å². The first-order chi connectivity index (χ1) is 16.4. The van der Waals surface area contributed by atoms with Gasteiger partial charge in [-0.25, -0.2) is 0 Å². The maximum atomic E-state index is 13.5. The number of hydrogen-bond donors (Lipinski definition) is 0. The van der Waals surface area contributed by atoms with Crippen LogP contribution in [0.3, 0.4) is 0 Å². The molecule has 0 N–H and O–H groups in total. The van der Waals surface area contributed by atoms with Gasteiger partial charge in [0.1, 0.15) is 0 Å². The maximum Gasteiger partial charge on any atom is 0.311 e. The second-order valence-corrected chi connectivity index (χ2v) is 9.74. The minimum atomic E-state index is -1.51. The topological polar surface area (TPSA) is 88.1 Å². The summed E-state index contributed by atoms with van der Waals surface area (Å²) in [6.07, 6.45) is 0.853. The van der Waals surface area contributed by atoms with Crippen LogP contribution in [0.2, 0.25) is 0 Å². The van der Waals surface area contributed by atoms with Crippen LogP contribution in [0.4, 0.5) is 0 Å². The lowest BCUT2D eigenvalue weighted by atomic mass is 10.1. The van der Waals surface area contributed by atoms with Gasteiger partial charge in [-0.05, 0) is 18.1 Å². The van der Waals surface area contributed by atoms with Gasteiger partial charge in [0, 0.05) is 28.5 Å². The lowest BCUT2D eigenvalue weighted by Gasteiger charge is -2.20. The average molecular weight is 596 g/mol. The second kappa shape index (κ2) is 12.2. The Hall–Kier alpha value is -2.66. The zero-order valence-corrected chi connectivity index (χ0v) is 22.1. The lowest BCUT2D eigenvalue weighted by molar-refractivity contribution is -0.134. The predicted octanol–water partition coefficient (Wildman–Crippen LogP) is 5.21. The summed E-state index contributed by atoms with van der Waals surface area (Å²) in [4.78, 5) is 25.0. The second-order valence-electron chi connectivity index (χ2n) is 7.24. The molecule has 0 fully saturated rings. The van der Waals surface area contributed by atoms with Gasteiger partial charge in [-0.1, -0.05) is 65.1 Å². The number of carbonyl (C=O) groups excluding carboxylic acids is 2. The Morgan fingerprint density at radius 3 is 2.18 bits per heavy atom. The van der Waals surface area contributed by atoms with E-state index in [0.717, 1.165) is 9.99 Å². The number of halogens is 1. The fraction of sp³-hybridized carbons (Fsp3) is 0.280. The maximum absolute atomic E-state index is 13.5. The van der Waals surface area contributed by atoms with E-state index in [1.54, 1.807) is 18.2 Å². The number of rotatable bonds is 10. The third-order valence-electron chi connectivity index (χ3n) is 4.89. The van der Waals surface area contributed by atoms with Gasteiger partial charge in [0.15, 0.2) is 11.5 Å². The van der Waals surface area contributed by atoms with Crippen LogP contribution in [0.1, 0.15) is 25.3 Å². The van der Waals surface area contributed by atoms with Gasteiger partial charge in [0.05, 0.1) is 35.7 Å². The zero-order valence-electron chi connectivity index (χ0n) is 19.1. The van der Waals surface area contributed by atoms with Gasteiger partial charge >= 0.3 is 11.9 Å². The van der Waals surface area contributed by atoms with E-state index in [1.165, 1.54) is 21.1 Å². The molecule has 3 aromatic carbocycles. The zero-order chi connectivity index (χ0) is 24.7. The Morgan fingerprint density at radius 2 is 1.56 bits per heavy atom. The molecule has 1 unspecified atom stereocenters. The first-order valence-corrected chi connectivity index (χ1v) is 13.3. The summed E-state index contributed by atoms with van der Waals surface area (Å²) < 4.78 is 36.6. The number of methoxy groups -OCH3 is 2. The predicted molar refractivity (Wildman–Crippen MR) is 139 cm³/mol. The van der Waals surface area contributed by atoms with Crippen LogP contribution in [-0.4, -0.2) is 34.8 Å². The van der Waals surface area contributed by atoms with Crippen LogP contribution < -0.4 is 18.9 Å². The Balaban J connectivity index is 2.29. The van der Waals surface area contributed by atoms with Gasteiger partial charge in [-0.3, -0.25) is 13.8 Å². The first kappa shape index (κ1) is 26.0. The number of ether oxygens (including phenoxy) is 4. The summed E-state index contributed by atoms with van der Waals surface area (Å²) in [5.41, 5.74) is 0.888. The normalized spacial score (nSPS) is 11.6. The van der Waals surface area contributed by atoms with Crippen molar-refractivity contribution in [2.75, 3.05) is 18.6 Å². The molecule has 0 aliphatic carbocycles. The summed E-state index contributed by atoms with van der Waals surface area (Å²) in [6, 6.07) is 14.5. The van der Waals surface area contributed by atoms with E-state index in [2.05, 4.69) is 22.6 Å². The molecule has 0 saturated heterocycles. The number of esters is 2. The number of benzene rings is 3. The molecule has 0 aliphatic heterocycles. The molecule has 0 bridgehead atoms. The highest BCUT2D eigenvalue weighted by Gasteiger charge is 2.29. The first-order valence-electron chi connectivity index (χ1n) is 10.5. The van der Waals surface area contributed by atoms with Gasteiger partial charge in [0.25, 0.3) is 0 Å². The third kappa shape index (κ3) is 5.87. The van der Waals surface area contributed by atoms with E-state index < -0.39 is 22.7 Å². The number of hydrogen-bond acceptors (Lipinski definition) is 7. The molecule has 34 heavy (non-hydrogen) atoms. The molecular formula is C25H25IO7S. The van der Waals surface area contributed by atoms with Crippen molar-refractivity contribution in [3.8, 4) is 23.0 Å². The van der Waals surface area contributed by atoms with E-state index >= 15 is 0 Å². The minimum absolute atomic E-state index is 0.0817. The van der Waals surface area contributed by atoms with Crippen molar-refractivity contribution >= 4 is 56.1 Å². The van der Waals surface area contributed by atoms with Crippen LogP contribution in [-0.2, 0) is 26.1 Å². The highest BCUT2D eigenvalue weighted by Crippen LogP contribution is 2.52. The van der Waals surface area contributed by atoms with E-state index in [9.17, 15) is 13.8 Å². The molecule has 0 aliphatic rings. The SMILES string of the molecule is COc1c(OC)c(OC(=O)CCCI)c2c(S(=O)Cc3ccccc3)cccc2c1OC(C)=O. The molecule has 3 aromatic rings. The molecular weight excluding hydrogens is 571 g/mol. The smallest absolute Gasteiger partial charge is 0.311 e. The molecule has 0 radical (unpaired) electrons. The Bertz CT molecular complexity index is 1210. The van der Waals surface area contributed by atoms with Gasteiger partial charge in [0.2, 0.25) is 11.5 Å². The molecule has 0 spiro atoms. The summed E-state index contributed by atoms with van der Waals surface area (Å²) in [7, 11) is 1.29. The fourth-order valence-electron chi connectivity index (χ4n) is 3.48. The van der Waals surface area contributed by atoms with Crippen molar-refractivity contribution in [1.29, 1.82) is 0 Å². The van der Waals surface area contributed by atoms with Crippen molar-refractivity contribution in [3.63, 3.8) is 0 Å². The molecule has 9 heteroatoms. The van der Waals surface area contributed by atoms with E-state index in [1.807, 2.05) is 30.3 Å². The molecule has 0 aromatic heterocycles. The summed E-state index contributed by atoms with van der Waals surface area (Å²) in [5, 5.41) is 0.789. The minimum Gasteiger partial charge on any atom is -0.490 e. The molecule has 0 saturated carbocycles. The molecule has 7 nitrogen and oxygen atoms in total. The number of carbonyl (C=O) groups is 2. The van der Waals surface area contributed by atoms with Crippen molar-refractivity contribution in [1.82, 2.24) is 0 Å². The molecule has 0 heterocycles. The quantitative estimate of drug-likeness (QED) is 0.138. The average Bonchev–Trinajstić information content (AvgIpc) is 2.83. The van der Waals surface area contributed by atoms with Gasteiger partial charge < -0.3 is 18.9 Å². The van der Waals surface area contributed by atoms with Crippen molar-refractivity contribution < 1.29 is 32.7 Å². The standard InChI is InChI=1S/C25H25IO7S/c1-16(27)32-22-18-11-7-12-19(34(29)15-17-9-5-4-6-10-17)21(18)23(25(31-3)24(22)30-2)33-20(28)13-8-14-26/h4-7,9-12H,8,13-15H2,1-3H3. The highest BCUT2D eigenvalue weighted by molar-refractivity contribution is 14.1. The summed E-state index contributed by atoms with van der Waals surface area (Å²) >= 11 is 2.19. The van der Waals surface area contributed by atoms with E-state index in [4.69, 9.17) is 18.9 Å². The highest BCUT2D eigenvalue weighted by atomic mass is 127. The third-order valence-corrected chi connectivity index (χ3v) is 7.08. The van der Waals surface area contributed by atoms with E-state index in [0.29, 0.717) is 22.1 Å². The van der Waals surface area contributed by atoms with Crippen molar-refractivity contribution in [2.45, 2.75) is 30.4 Å². The number of fused-ring (bicyclic) bond motifs is 1. The van der Waals surface area contributed by atoms with Crippen LogP contribution in [0, 0.1) is 0 Å².